The first kappa shape index (κ1) is 18.1. The second-order valence-corrected chi connectivity index (χ2v) is 5.53. The molecule has 0 radical (unpaired) electrons. The van der Waals surface area contributed by atoms with Crippen LogP contribution in [0.4, 0.5) is 10.5 Å². The summed E-state index contributed by atoms with van der Waals surface area (Å²) in [4.78, 5) is 42.1. The van der Waals surface area contributed by atoms with E-state index in [0.29, 0.717) is 11.3 Å². The fourth-order valence-corrected chi connectivity index (χ4v) is 2.60. The van der Waals surface area contributed by atoms with Gasteiger partial charge >= 0.3 is 12.0 Å². The number of imide groups is 1. The average Bonchev–Trinajstić information content (AvgIpc) is 2.97. The molecule has 0 aromatic heterocycles. The second-order valence-electron chi connectivity index (χ2n) is 5.53. The first-order valence-corrected chi connectivity index (χ1v) is 8.23. The maximum atomic E-state index is 12.8. The van der Waals surface area contributed by atoms with Crippen LogP contribution in [0.15, 0.2) is 71.2 Å². The molecule has 3 amide bonds. The fraction of sp³-hybridized carbons (Fsp3) is 0.100. The summed E-state index contributed by atoms with van der Waals surface area (Å²) in [6, 6.07) is 15.5. The number of carbonyl (C=O) groups excluding carboxylic acids is 3. The van der Waals surface area contributed by atoms with E-state index in [2.05, 4.69) is 4.99 Å². The third kappa shape index (κ3) is 3.48. The van der Waals surface area contributed by atoms with Crippen molar-refractivity contribution in [1.29, 1.82) is 0 Å². The number of aliphatic hydroxyl groups is 1. The molecule has 136 valence electrons. The van der Waals surface area contributed by atoms with Gasteiger partial charge in [-0.25, -0.2) is 14.5 Å². The Hall–Kier alpha value is -3.74. The molecule has 7 nitrogen and oxygen atoms in total. The Bertz CT molecular complexity index is 949. The number of carbonyl (C=O) groups is 3. The van der Waals surface area contributed by atoms with Crippen molar-refractivity contribution in [1.82, 2.24) is 0 Å². The maximum absolute atomic E-state index is 12.8. The predicted octanol–water partition coefficient (Wildman–Crippen LogP) is 3.13. The smallest absolute Gasteiger partial charge is 0.355 e. The van der Waals surface area contributed by atoms with E-state index in [1.165, 1.54) is 0 Å². The summed E-state index contributed by atoms with van der Waals surface area (Å²) in [5, 5.41) is 10.6. The Morgan fingerprint density at radius 2 is 1.63 bits per heavy atom. The summed E-state index contributed by atoms with van der Waals surface area (Å²) >= 11 is 0. The number of rotatable bonds is 5. The zero-order valence-electron chi connectivity index (χ0n) is 14.5. The topological polar surface area (TPSA) is 96.3 Å². The van der Waals surface area contributed by atoms with Gasteiger partial charge in [0, 0.05) is 5.56 Å². The van der Waals surface area contributed by atoms with Gasteiger partial charge in [-0.1, -0.05) is 48.5 Å². The number of esters is 1. The number of para-hydroxylation sites is 1. The Morgan fingerprint density at radius 1 is 1.04 bits per heavy atom. The molecule has 1 aliphatic rings. The van der Waals surface area contributed by atoms with Crippen molar-refractivity contribution in [3.63, 3.8) is 0 Å². The minimum Gasteiger partial charge on any atom is -0.506 e. The molecular formula is C20H16N2O5. The van der Waals surface area contributed by atoms with Crippen molar-refractivity contribution in [2.45, 2.75) is 6.92 Å². The highest BCUT2D eigenvalue weighted by atomic mass is 16.5. The third-order valence-corrected chi connectivity index (χ3v) is 3.82. The molecule has 0 atom stereocenters. The molecule has 0 fully saturated rings. The minimum absolute atomic E-state index is 0.0300. The van der Waals surface area contributed by atoms with E-state index < -0.39 is 35.0 Å². The Kier molecular flexibility index (Phi) is 5.12. The van der Waals surface area contributed by atoms with Crippen LogP contribution in [-0.2, 0) is 14.3 Å². The summed E-state index contributed by atoms with van der Waals surface area (Å²) in [7, 11) is 0. The molecule has 3 rings (SSSR count). The number of urea groups is 1. The molecule has 0 saturated carbocycles. The van der Waals surface area contributed by atoms with Gasteiger partial charge in [-0.3, -0.25) is 4.79 Å². The fourth-order valence-electron chi connectivity index (χ4n) is 2.60. The largest absolute Gasteiger partial charge is 0.506 e. The quantitative estimate of drug-likeness (QED) is 0.499. The Balaban J connectivity index is 2.09. The molecule has 27 heavy (non-hydrogen) atoms. The number of nitrogens with zero attached hydrogens (tertiary/aromatic N) is 2. The first-order chi connectivity index (χ1) is 13.0. The van der Waals surface area contributed by atoms with E-state index in [1.807, 2.05) is 0 Å². The standard InChI is InChI=1S/C20H16N2O5/c1-2-27-19(25)15(17(23)13-9-5-3-6-10-13)16-18(24)22(20(26)21-16)14-11-7-4-8-12-14/h3-12,23H,2H2,1H3. The zero-order valence-corrected chi connectivity index (χ0v) is 14.5. The molecular weight excluding hydrogens is 348 g/mol. The van der Waals surface area contributed by atoms with Crippen LogP contribution in [0.25, 0.3) is 5.76 Å². The van der Waals surface area contributed by atoms with Crippen molar-refractivity contribution < 1.29 is 24.2 Å². The van der Waals surface area contributed by atoms with Crippen molar-refractivity contribution in [3.8, 4) is 0 Å². The molecule has 0 bridgehead atoms. The van der Waals surface area contributed by atoms with Crippen molar-refractivity contribution in [2.75, 3.05) is 11.5 Å². The lowest BCUT2D eigenvalue weighted by Gasteiger charge is -2.14. The number of aliphatic hydroxyl groups excluding tert-OH is 1. The molecule has 7 heteroatoms. The van der Waals surface area contributed by atoms with Gasteiger partial charge in [-0.15, -0.1) is 0 Å². The number of aliphatic imine (C=N–C) groups is 1. The van der Waals surface area contributed by atoms with Gasteiger partial charge in [0.15, 0.2) is 5.71 Å². The van der Waals surface area contributed by atoms with Crippen molar-refractivity contribution in [3.05, 3.63) is 71.8 Å². The molecule has 2 aromatic rings. The van der Waals surface area contributed by atoms with Crippen LogP contribution in [0.1, 0.15) is 12.5 Å². The lowest BCUT2D eigenvalue weighted by molar-refractivity contribution is -0.138. The second kappa shape index (κ2) is 7.65. The first-order valence-electron chi connectivity index (χ1n) is 8.23. The van der Waals surface area contributed by atoms with Crippen molar-refractivity contribution >= 4 is 35.1 Å². The van der Waals surface area contributed by atoms with Gasteiger partial charge in [0.2, 0.25) is 0 Å². The van der Waals surface area contributed by atoms with E-state index >= 15 is 0 Å². The zero-order chi connectivity index (χ0) is 19.4. The molecule has 1 heterocycles. The molecule has 0 unspecified atom stereocenters. The van der Waals surface area contributed by atoms with E-state index in [-0.39, 0.29) is 6.61 Å². The normalized spacial score (nSPS) is 14.7. The summed E-state index contributed by atoms with van der Waals surface area (Å²) in [6.45, 7) is 1.62. The number of amides is 3. The lowest BCUT2D eigenvalue weighted by atomic mass is 10.0. The third-order valence-electron chi connectivity index (χ3n) is 3.82. The van der Waals surface area contributed by atoms with E-state index in [9.17, 15) is 19.5 Å². The van der Waals surface area contributed by atoms with Gasteiger partial charge in [-0.2, -0.15) is 4.99 Å². The molecule has 2 aromatic carbocycles. The number of ether oxygens (including phenoxy) is 1. The average molecular weight is 364 g/mol. The van der Waals surface area contributed by atoms with Crippen LogP contribution < -0.4 is 4.90 Å². The van der Waals surface area contributed by atoms with Gasteiger partial charge in [0.1, 0.15) is 11.3 Å². The van der Waals surface area contributed by atoms with Crippen LogP contribution in [0.3, 0.4) is 0 Å². The number of hydrogen-bond acceptors (Lipinski definition) is 5. The van der Waals surface area contributed by atoms with E-state index in [4.69, 9.17) is 4.74 Å². The van der Waals surface area contributed by atoms with Crippen LogP contribution >= 0.6 is 0 Å². The van der Waals surface area contributed by atoms with Crippen LogP contribution in [0.2, 0.25) is 0 Å². The molecule has 0 saturated heterocycles. The van der Waals surface area contributed by atoms with Gasteiger partial charge in [0.05, 0.1) is 12.3 Å². The Morgan fingerprint density at radius 3 is 2.22 bits per heavy atom. The van der Waals surface area contributed by atoms with E-state index in [0.717, 1.165) is 4.90 Å². The molecule has 0 aliphatic carbocycles. The monoisotopic (exact) mass is 364 g/mol. The number of anilines is 1. The number of benzene rings is 2. The van der Waals surface area contributed by atoms with Crippen molar-refractivity contribution in [2.24, 2.45) is 4.99 Å². The van der Waals surface area contributed by atoms with E-state index in [1.54, 1.807) is 67.6 Å². The van der Waals surface area contributed by atoms with Gasteiger partial charge < -0.3 is 9.84 Å². The summed E-state index contributed by atoms with van der Waals surface area (Å²) < 4.78 is 4.96. The SMILES string of the molecule is CCOC(=O)C(C1=NC(=O)N(c2ccccc2)C1=O)=C(O)c1ccccc1. The van der Waals surface area contributed by atoms with Crippen LogP contribution in [-0.4, -0.2) is 35.3 Å². The summed E-state index contributed by atoms with van der Waals surface area (Å²) in [5.41, 5.74) is -0.293. The molecule has 1 N–H and O–H groups in total. The lowest BCUT2D eigenvalue weighted by Crippen LogP contribution is -2.34. The predicted molar refractivity (Wildman–Crippen MR) is 99.4 cm³/mol. The highest BCUT2D eigenvalue weighted by molar-refractivity contribution is 6.62. The summed E-state index contributed by atoms with van der Waals surface area (Å²) in [5.74, 6) is -2.23. The maximum Gasteiger partial charge on any atom is 0.355 e. The van der Waals surface area contributed by atoms with Crippen LogP contribution in [0, 0.1) is 0 Å². The molecule has 1 aliphatic heterocycles. The highest BCUT2D eigenvalue weighted by Gasteiger charge is 2.40. The highest BCUT2D eigenvalue weighted by Crippen LogP contribution is 2.25. The molecule has 0 spiro atoms. The summed E-state index contributed by atoms with van der Waals surface area (Å²) in [6.07, 6.45) is 0. The van der Waals surface area contributed by atoms with Crippen LogP contribution in [0.5, 0.6) is 0 Å². The number of hydrogen-bond donors (Lipinski definition) is 1. The Labute approximate surface area is 155 Å². The minimum atomic E-state index is -0.936. The van der Waals surface area contributed by atoms with Gasteiger partial charge in [0.25, 0.3) is 5.91 Å². The van der Waals surface area contributed by atoms with Gasteiger partial charge in [-0.05, 0) is 19.1 Å².